The van der Waals surface area contributed by atoms with Gasteiger partial charge in [-0.05, 0) is 6.54 Å². The molecule has 1 aromatic heterocycles. The first-order valence-electron chi connectivity index (χ1n) is 6.63. The molecule has 1 unspecified atom stereocenters. The number of nitrogens with zero attached hydrogens (tertiary/aromatic N) is 2. The van der Waals surface area contributed by atoms with Crippen LogP contribution in [0, 0.1) is 0 Å². The van der Waals surface area contributed by atoms with Crippen LogP contribution in [0.5, 0.6) is 0 Å². The second kappa shape index (κ2) is 8.96. The molecule has 1 heterocycles. The van der Waals surface area contributed by atoms with Crippen LogP contribution in [0.25, 0.3) is 0 Å². The highest BCUT2D eigenvalue weighted by molar-refractivity contribution is 4.90. The van der Waals surface area contributed by atoms with Crippen molar-refractivity contribution in [2.45, 2.75) is 32.0 Å². The summed E-state index contributed by atoms with van der Waals surface area (Å²) in [6, 6.07) is 0.0507. The van der Waals surface area contributed by atoms with Crippen LogP contribution in [-0.4, -0.2) is 55.8 Å². The summed E-state index contributed by atoms with van der Waals surface area (Å²) >= 11 is 0. The fourth-order valence-electron chi connectivity index (χ4n) is 1.72. The first-order chi connectivity index (χ1) is 9.94. The number of methoxy groups -OCH3 is 1. The number of halogens is 3. The van der Waals surface area contributed by atoms with Gasteiger partial charge in [0.2, 0.25) is 5.89 Å². The molecule has 0 radical (unpaired) electrons. The van der Waals surface area contributed by atoms with E-state index in [0.29, 0.717) is 24.7 Å². The smallest absolute Gasteiger partial charge is 0.383 e. The number of hydrogen-bond acceptors (Lipinski definition) is 6. The van der Waals surface area contributed by atoms with Crippen LogP contribution >= 0.6 is 0 Å². The van der Waals surface area contributed by atoms with Gasteiger partial charge in [0, 0.05) is 26.0 Å². The Bertz CT molecular complexity index is 393. The third kappa shape index (κ3) is 7.98. The molecule has 9 heteroatoms. The van der Waals surface area contributed by atoms with E-state index < -0.39 is 12.8 Å². The van der Waals surface area contributed by atoms with Crippen molar-refractivity contribution in [3.8, 4) is 0 Å². The second-order valence-corrected chi connectivity index (χ2v) is 4.44. The number of rotatable bonds is 10. The summed E-state index contributed by atoms with van der Waals surface area (Å²) in [7, 11) is 1.60. The topological polar surface area (TPSA) is 69.4 Å². The SMILES string of the molecule is CCNC(COC)Cc1nc(CCOCC(F)(F)F)no1. The average Bonchev–Trinajstić information content (AvgIpc) is 2.82. The van der Waals surface area contributed by atoms with Crippen molar-refractivity contribution >= 4 is 0 Å². The highest BCUT2D eigenvalue weighted by Crippen LogP contribution is 2.14. The van der Waals surface area contributed by atoms with Crippen molar-refractivity contribution in [1.82, 2.24) is 15.5 Å². The summed E-state index contributed by atoms with van der Waals surface area (Å²) in [4.78, 5) is 4.11. The second-order valence-electron chi connectivity index (χ2n) is 4.44. The molecule has 0 aliphatic rings. The molecule has 1 rings (SSSR count). The molecule has 1 N–H and O–H groups in total. The van der Waals surface area contributed by atoms with Crippen molar-refractivity contribution < 1.29 is 27.2 Å². The van der Waals surface area contributed by atoms with Crippen molar-refractivity contribution in [2.24, 2.45) is 0 Å². The van der Waals surface area contributed by atoms with Crippen LogP contribution in [0.3, 0.4) is 0 Å². The van der Waals surface area contributed by atoms with Crippen molar-refractivity contribution in [3.63, 3.8) is 0 Å². The molecule has 1 atom stereocenters. The van der Waals surface area contributed by atoms with Gasteiger partial charge in [0.1, 0.15) is 6.61 Å². The summed E-state index contributed by atoms with van der Waals surface area (Å²) in [6.07, 6.45) is -3.64. The standard InChI is InChI=1S/C12H20F3N3O3/c1-3-16-9(7-19-2)6-11-17-10(18-21-11)4-5-20-8-12(13,14)15/h9,16H,3-8H2,1-2H3. The molecule has 0 fully saturated rings. The lowest BCUT2D eigenvalue weighted by molar-refractivity contribution is -0.173. The first kappa shape index (κ1) is 17.9. The largest absolute Gasteiger partial charge is 0.411 e. The van der Waals surface area contributed by atoms with E-state index in [4.69, 9.17) is 9.26 Å². The molecular formula is C12H20F3N3O3. The van der Waals surface area contributed by atoms with E-state index >= 15 is 0 Å². The molecule has 6 nitrogen and oxygen atoms in total. The molecule has 0 saturated heterocycles. The van der Waals surface area contributed by atoms with E-state index in [-0.39, 0.29) is 19.1 Å². The van der Waals surface area contributed by atoms with Gasteiger partial charge in [0.15, 0.2) is 5.82 Å². The molecule has 21 heavy (non-hydrogen) atoms. The van der Waals surface area contributed by atoms with Gasteiger partial charge in [0.25, 0.3) is 0 Å². The van der Waals surface area contributed by atoms with Crippen molar-refractivity contribution in [2.75, 3.05) is 33.5 Å². The molecular weight excluding hydrogens is 291 g/mol. The molecule has 0 saturated carbocycles. The minimum Gasteiger partial charge on any atom is -0.383 e. The number of likely N-dealkylation sites (N-methyl/N-ethyl adjacent to an activating group) is 1. The summed E-state index contributed by atoms with van der Waals surface area (Å²) in [6.45, 7) is 1.88. The van der Waals surface area contributed by atoms with Gasteiger partial charge in [-0.2, -0.15) is 18.2 Å². The molecule has 0 aromatic carbocycles. The predicted octanol–water partition coefficient (Wildman–Crippen LogP) is 1.36. The van der Waals surface area contributed by atoms with Crippen molar-refractivity contribution in [1.29, 1.82) is 0 Å². The van der Waals surface area contributed by atoms with E-state index in [0.717, 1.165) is 6.54 Å². The van der Waals surface area contributed by atoms with Gasteiger partial charge in [0.05, 0.1) is 13.2 Å². The zero-order chi connectivity index (χ0) is 15.7. The summed E-state index contributed by atoms with van der Waals surface area (Å²) in [5.74, 6) is 0.753. The van der Waals surface area contributed by atoms with Crippen LogP contribution in [-0.2, 0) is 22.3 Å². The Hall–Kier alpha value is -1.19. The number of alkyl halides is 3. The fraction of sp³-hybridized carbons (Fsp3) is 0.833. The highest BCUT2D eigenvalue weighted by Gasteiger charge is 2.27. The minimum absolute atomic E-state index is 0.0507. The fourth-order valence-corrected chi connectivity index (χ4v) is 1.72. The Kier molecular flexibility index (Phi) is 7.62. The Morgan fingerprint density at radius 1 is 1.38 bits per heavy atom. The third-order valence-corrected chi connectivity index (χ3v) is 2.53. The average molecular weight is 311 g/mol. The van der Waals surface area contributed by atoms with Gasteiger partial charge >= 0.3 is 6.18 Å². The molecule has 0 spiro atoms. The minimum atomic E-state index is -4.32. The van der Waals surface area contributed by atoms with Gasteiger partial charge in [-0.1, -0.05) is 12.1 Å². The Labute approximate surface area is 121 Å². The molecule has 0 aliphatic heterocycles. The third-order valence-electron chi connectivity index (χ3n) is 2.53. The van der Waals surface area contributed by atoms with E-state index in [9.17, 15) is 13.2 Å². The molecule has 0 aliphatic carbocycles. The number of ether oxygens (including phenoxy) is 2. The highest BCUT2D eigenvalue weighted by atomic mass is 19.4. The molecule has 0 amide bonds. The number of nitrogens with one attached hydrogen (secondary N) is 1. The van der Waals surface area contributed by atoms with E-state index in [1.807, 2.05) is 6.92 Å². The Balaban J connectivity index is 2.35. The maximum atomic E-state index is 11.9. The van der Waals surface area contributed by atoms with Crippen LogP contribution < -0.4 is 5.32 Å². The maximum absolute atomic E-state index is 11.9. The summed E-state index contributed by atoms with van der Waals surface area (Å²) in [5.41, 5.74) is 0. The van der Waals surface area contributed by atoms with E-state index in [1.165, 1.54) is 0 Å². The first-order valence-corrected chi connectivity index (χ1v) is 6.63. The van der Waals surface area contributed by atoms with Crippen LogP contribution in [0.2, 0.25) is 0 Å². The van der Waals surface area contributed by atoms with Gasteiger partial charge in [-0.3, -0.25) is 0 Å². The zero-order valence-electron chi connectivity index (χ0n) is 12.1. The Morgan fingerprint density at radius 2 is 2.14 bits per heavy atom. The Morgan fingerprint density at radius 3 is 2.76 bits per heavy atom. The summed E-state index contributed by atoms with van der Waals surface area (Å²) < 4.78 is 50.3. The number of aromatic nitrogens is 2. The van der Waals surface area contributed by atoms with Crippen LogP contribution in [0.15, 0.2) is 4.52 Å². The lowest BCUT2D eigenvalue weighted by Crippen LogP contribution is -2.35. The lowest BCUT2D eigenvalue weighted by atomic mass is 10.2. The normalized spacial score (nSPS) is 13.6. The van der Waals surface area contributed by atoms with Gasteiger partial charge in [-0.15, -0.1) is 0 Å². The van der Waals surface area contributed by atoms with E-state index in [1.54, 1.807) is 7.11 Å². The van der Waals surface area contributed by atoms with Crippen LogP contribution in [0.4, 0.5) is 13.2 Å². The molecule has 0 bridgehead atoms. The van der Waals surface area contributed by atoms with E-state index in [2.05, 4.69) is 20.2 Å². The lowest BCUT2D eigenvalue weighted by Gasteiger charge is -2.14. The number of hydrogen-bond donors (Lipinski definition) is 1. The maximum Gasteiger partial charge on any atom is 0.411 e. The van der Waals surface area contributed by atoms with Gasteiger partial charge in [-0.25, -0.2) is 0 Å². The molecule has 122 valence electrons. The van der Waals surface area contributed by atoms with Crippen LogP contribution in [0.1, 0.15) is 18.6 Å². The monoisotopic (exact) mass is 311 g/mol. The molecule has 1 aromatic rings. The summed E-state index contributed by atoms with van der Waals surface area (Å²) in [5, 5.41) is 6.92. The zero-order valence-corrected chi connectivity index (χ0v) is 12.1. The predicted molar refractivity (Wildman–Crippen MR) is 67.9 cm³/mol. The quantitative estimate of drug-likeness (QED) is 0.658. The van der Waals surface area contributed by atoms with Gasteiger partial charge < -0.3 is 19.3 Å². The van der Waals surface area contributed by atoms with Crippen molar-refractivity contribution in [3.05, 3.63) is 11.7 Å².